The van der Waals surface area contributed by atoms with Gasteiger partial charge in [0.1, 0.15) is 11.4 Å². The Bertz CT molecular complexity index is 1340. The molecule has 1 atom stereocenters. The molecule has 1 unspecified atom stereocenters. The molecular weight excluding hydrogens is 514 g/mol. The van der Waals surface area contributed by atoms with Gasteiger partial charge in [-0.2, -0.15) is 4.98 Å². The molecule has 1 saturated heterocycles. The molecule has 1 aromatic heterocycles. The van der Waals surface area contributed by atoms with E-state index in [1.54, 1.807) is 59.2 Å². The molecule has 2 heterocycles. The number of benzene rings is 2. The third-order valence-corrected chi connectivity index (χ3v) is 5.93. The first-order valence-electron chi connectivity index (χ1n) is 12.8. The van der Waals surface area contributed by atoms with E-state index in [2.05, 4.69) is 36.0 Å². The van der Waals surface area contributed by atoms with Crippen molar-refractivity contribution < 1.29 is 24.2 Å². The number of rotatable bonds is 8. The highest BCUT2D eigenvalue weighted by Gasteiger charge is 2.21. The second-order valence-corrected chi connectivity index (χ2v) is 10.1. The Kier molecular flexibility index (Phi) is 9.02. The second kappa shape index (κ2) is 12.6. The Morgan fingerprint density at radius 3 is 2.52 bits per heavy atom. The quantitative estimate of drug-likeness (QED) is 0.166. The molecule has 40 heavy (non-hydrogen) atoms. The summed E-state index contributed by atoms with van der Waals surface area (Å²) in [6.07, 6.45) is 0.724. The number of hydrogen-bond acceptors (Lipinski definition) is 11. The molecule has 0 aliphatic carbocycles. The van der Waals surface area contributed by atoms with Gasteiger partial charge < -0.3 is 35.0 Å². The van der Waals surface area contributed by atoms with Crippen LogP contribution < -0.4 is 20.9 Å². The number of ether oxygens (including phenoxy) is 3. The van der Waals surface area contributed by atoms with Gasteiger partial charge in [0.2, 0.25) is 5.95 Å². The van der Waals surface area contributed by atoms with Crippen LogP contribution in [0.3, 0.4) is 0 Å². The molecule has 12 heteroatoms. The van der Waals surface area contributed by atoms with Crippen LogP contribution in [0.25, 0.3) is 0 Å². The van der Waals surface area contributed by atoms with Crippen LogP contribution in [0.2, 0.25) is 0 Å². The summed E-state index contributed by atoms with van der Waals surface area (Å²) in [5, 5.41) is 21.9. The molecule has 4 rings (SSSR count). The fourth-order valence-corrected chi connectivity index (χ4v) is 3.98. The number of nitrogens with zero attached hydrogens (tertiary/aromatic N) is 4. The summed E-state index contributed by atoms with van der Waals surface area (Å²) in [4.78, 5) is 23.6. The van der Waals surface area contributed by atoms with Gasteiger partial charge in [-0.3, -0.25) is 5.32 Å². The van der Waals surface area contributed by atoms with Gasteiger partial charge in [-0.05, 0) is 64.1 Å². The largest absolute Gasteiger partial charge is 0.444 e. The van der Waals surface area contributed by atoms with Crippen LogP contribution >= 0.6 is 0 Å². The van der Waals surface area contributed by atoms with Crippen molar-refractivity contribution >= 4 is 46.3 Å². The van der Waals surface area contributed by atoms with E-state index in [0.29, 0.717) is 47.6 Å². The van der Waals surface area contributed by atoms with Crippen molar-refractivity contribution in [3.8, 4) is 0 Å². The van der Waals surface area contributed by atoms with Gasteiger partial charge >= 0.3 is 6.09 Å². The summed E-state index contributed by atoms with van der Waals surface area (Å²) in [5.41, 5.74) is 3.05. The normalized spacial score (nSPS) is 15.9. The van der Waals surface area contributed by atoms with Crippen molar-refractivity contribution in [2.45, 2.75) is 39.6 Å². The van der Waals surface area contributed by atoms with Crippen LogP contribution in [-0.4, -0.2) is 65.7 Å². The summed E-state index contributed by atoms with van der Waals surface area (Å²) >= 11 is 0. The summed E-state index contributed by atoms with van der Waals surface area (Å²) in [6.45, 7) is 9.05. The van der Waals surface area contributed by atoms with Crippen LogP contribution in [-0.2, 0) is 14.2 Å². The number of amides is 1. The number of carbonyl (C=O) groups is 1. The van der Waals surface area contributed by atoms with E-state index in [9.17, 15) is 10.0 Å². The first kappa shape index (κ1) is 28.6. The molecule has 0 bridgehead atoms. The number of carbonyl (C=O) groups excluding carboxylic acids is 1. The van der Waals surface area contributed by atoms with E-state index in [0.717, 1.165) is 17.9 Å². The van der Waals surface area contributed by atoms with E-state index >= 15 is 0 Å². The van der Waals surface area contributed by atoms with Crippen LogP contribution in [0.5, 0.6) is 0 Å². The zero-order valence-corrected chi connectivity index (χ0v) is 23.3. The molecule has 1 amide bonds. The van der Waals surface area contributed by atoms with Gasteiger partial charge in [-0.15, -0.1) is 0 Å². The molecule has 1 fully saturated rings. The highest BCUT2D eigenvalue weighted by Crippen LogP contribution is 2.28. The minimum Gasteiger partial charge on any atom is -0.444 e. The van der Waals surface area contributed by atoms with Gasteiger partial charge in [-0.1, -0.05) is 17.3 Å². The van der Waals surface area contributed by atoms with Crippen molar-refractivity contribution in [2.24, 2.45) is 5.16 Å². The third kappa shape index (κ3) is 7.58. The fraction of sp³-hybridized carbons (Fsp3) is 0.357. The standard InChI is InChI=1S/C28H35N7O5/c1-18(34-37)21-16-29-26(30-19-10-12-20(13-11-19)35-14-15-39-24(17-35)38-5)33-25(21)31-22-8-6-7-9-23(22)32-27(36)40-28(2,3)4/h6-13,16,24,37H,14-15,17H2,1-5H3,(H,32,36)(H2,29,30,31,33). The molecule has 2 aromatic carbocycles. The predicted molar refractivity (Wildman–Crippen MR) is 154 cm³/mol. The highest BCUT2D eigenvalue weighted by molar-refractivity contribution is 6.03. The van der Waals surface area contributed by atoms with E-state index in [1.807, 2.05) is 30.3 Å². The van der Waals surface area contributed by atoms with Crippen molar-refractivity contribution in [2.75, 3.05) is 47.7 Å². The molecule has 3 aromatic rings. The van der Waals surface area contributed by atoms with Crippen molar-refractivity contribution in [3.05, 3.63) is 60.3 Å². The smallest absolute Gasteiger partial charge is 0.412 e. The molecule has 212 valence electrons. The average Bonchev–Trinajstić information content (AvgIpc) is 2.93. The van der Waals surface area contributed by atoms with E-state index in [-0.39, 0.29) is 6.29 Å². The predicted octanol–water partition coefficient (Wildman–Crippen LogP) is 5.32. The van der Waals surface area contributed by atoms with Gasteiger partial charge in [0.15, 0.2) is 6.29 Å². The minimum atomic E-state index is -0.645. The molecule has 1 aliphatic heterocycles. The summed E-state index contributed by atoms with van der Waals surface area (Å²) < 4.78 is 16.3. The fourth-order valence-electron chi connectivity index (χ4n) is 3.98. The van der Waals surface area contributed by atoms with Gasteiger partial charge in [0.05, 0.1) is 35.8 Å². The lowest BCUT2D eigenvalue weighted by Crippen LogP contribution is -2.43. The first-order valence-corrected chi connectivity index (χ1v) is 12.8. The minimum absolute atomic E-state index is 0.250. The lowest BCUT2D eigenvalue weighted by atomic mass is 10.2. The Labute approximate surface area is 233 Å². The van der Waals surface area contributed by atoms with E-state index in [4.69, 9.17) is 14.2 Å². The topological polar surface area (TPSA) is 142 Å². The Hall–Kier alpha value is -4.42. The number of nitrogens with one attached hydrogen (secondary N) is 3. The maximum atomic E-state index is 12.4. The number of oxime groups is 1. The molecule has 0 spiro atoms. The molecule has 1 aliphatic rings. The summed E-state index contributed by atoms with van der Waals surface area (Å²) in [5.74, 6) is 0.704. The van der Waals surface area contributed by atoms with E-state index < -0.39 is 11.7 Å². The highest BCUT2D eigenvalue weighted by atomic mass is 16.7. The van der Waals surface area contributed by atoms with Gasteiger partial charge in [0.25, 0.3) is 0 Å². The van der Waals surface area contributed by atoms with Crippen LogP contribution in [0.4, 0.5) is 39.3 Å². The third-order valence-electron chi connectivity index (χ3n) is 5.93. The number of anilines is 6. The molecule has 0 radical (unpaired) electrons. The Morgan fingerprint density at radius 2 is 1.85 bits per heavy atom. The van der Waals surface area contributed by atoms with Crippen molar-refractivity contribution in [1.29, 1.82) is 0 Å². The number of morpholine rings is 1. The molecule has 12 nitrogen and oxygen atoms in total. The number of methoxy groups -OCH3 is 1. The van der Waals surface area contributed by atoms with Crippen molar-refractivity contribution in [3.63, 3.8) is 0 Å². The molecule has 0 saturated carbocycles. The lowest BCUT2D eigenvalue weighted by molar-refractivity contribution is -0.128. The zero-order valence-electron chi connectivity index (χ0n) is 23.3. The number of hydrogen-bond donors (Lipinski definition) is 4. The zero-order chi connectivity index (χ0) is 28.7. The first-order chi connectivity index (χ1) is 19.1. The van der Waals surface area contributed by atoms with Crippen LogP contribution in [0, 0.1) is 0 Å². The Morgan fingerprint density at radius 1 is 1.12 bits per heavy atom. The summed E-state index contributed by atoms with van der Waals surface area (Å²) in [7, 11) is 1.64. The molecule has 4 N–H and O–H groups in total. The van der Waals surface area contributed by atoms with Gasteiger partial charge in [-0.25, -0.2) is 9.78 Å². The number of aromatic nitrogens is 2. The van der Waals surface area contributed by atoms with Gasteiger partial charge in [0, 0.05) is 31.2 Å². The van der Waals surface area contributed by atoms with Crippen LogP contribution in [0.15, 0.2) is 59.9 Å². The second-order valence-electron chi connectivity index (χ2n) is 10.1. The van der Waals surface area contributed by atoms with Crippen molar-refractivity contribution in [1.82, 2.24) is 9.97 Å². The maximum Gasteiger partial charge on any atom is 0.412 e. The summed E-state index contributed by atoms with van der Waals surface area (Å²) in [6, 6.07) is 15.0. The Balaban J connectivity index is 1.54. The monoisotopic (exact) mass is 549 g/mol. The van der Waals surface area contributed by atoms with E-state index in [1.165, 1.54) is 0 Å². The lowest BCUT2D eigenvalue weighted by Gasteiger charge is -2.33. The number of para-hydroxylation sites is 2. The SMILES string of the molecule is COC1CN(c2ccc(Nc3ncc(C(C)=NO)c(Nc4ccccc4NC(=O)OC(C)(C)C)n3)cc2)CCO1. The average molecular weight is 550 g/mol. The molecular formula is C28H35N7O5. The van der Waals surface area contributed by atoms with Crippen LogP contribution in [0.1, 0.15) is 33.3 Å². The maximum absolute atomic E-state index is 12.4.